The van der Waals surface area contributed by atoms with Crippen molar-refractivity contribution in [1.29, 1.82) is 5.26 Å². The number of carbonyl (C=O) groups excluding carboxylic acids is 2. The fourth-order valence-electron chi connectivity index (χ4n) is 7.00. The molecule has 1 aromatic heterocycles. The van der Waals surface area contributed by atoms with E-state index in [0.29, 0.717) is 72.3 Å². The van der Waals surface area contributed by atoms with E-state index in [1.807, 2.05) is 56.0 Å². The molecule has 0 bridgehead atoms. The molecular weight excluding hydrogens is 674 g/mol. The first kappa shape index (κ1) is 37.1. The average Bonchev–Trinajstić information content (AvgIpc) is 3.43. The Morgan fingerprint density at radius 3 is 2.40 bits per heavy atom. The monoisotopic (exact) mass is 721 g/mol. The predicted molar refractivity (Wildman–Crippen MR) is 203 cm³/mol. The highest BCUT2D eigenvalue weighted by molar-refractivity contribution is 6.34. The van der Waals surface area contributed by atoms with Gasteiger partial charge in [0, 0.05) is 37.3 Å². The Morgan fingerprint density at radius 1 is 1.02 bits per heavy atom. The van der Waals surface area contributed by atoms with Gasteiger partial charge in [-0.2, -0.15) is 5.26 Å². The molecule has 3 N–H and O–H groups in total. The fraction of sp³-hybridized carbons (Fsp3) is 0.405. The largest absolute Gasteiger partial charge is 0.460 e. The number of furan rings is 1. The van der Waals surface area contributed by atoms with Crippen LogP contribution in [0.15, 0.2) is 83.3 Å². The summed E-state index contributed by atoms with van der Waals surface area (Å²) in [4.78, 5) is 28.1. The number of ether oxygens (including phenoxy) is 1. The van der Waals surface area contributed by atoms with Crippen molar-refractivity contribution in [3.63, 3.8) is 0 Å². The highest BCUT2D eigenvalue weighted by Crippen LogP contribution is 2.51. The SMILES string of the molecule is Cc1ccc([C@@H](C)NCc2ccc(-c3ccc(Cl)c(C(=O)N[C@@H](CNCC4[C@H]5CN(C(=O)OC(C)(C)C)C[C@@H]45)Cc4ccc(C#N)cc4)c3)o2)cc1. The van der Waals surface area contributed by atoms with Gasteiger partial charge in [-0.3, -0.25) is 4.79 Å². The zero-order valence-corrected chi connectivity index (χ0v) is 31.3. The first-order valence-electron chi connectivity index (χ1n) is 18.0. The van der Waals surface area contributed by atoms with E-state index in [9.17, 15) is 14.9 Å². The van der Waals surface area contributed by atoms with Crippen LogP contribution in [-0.2, 0) is 17.7 Å². The number of hydrogen-bond donors (Lipinski definition) is 3. The maximum absolute atomic E-state index is 13.8. The molecule has 5 atom stereocenters. The number of benzene rings is 3. The van der Waals surface area contributed by atoms with Crippen molar-refractivity contribution >= 4 is 23.6 Å². The lowest BCUT2D eigenvalue weighted by Gasteiger charge is -2.26. The van der Waals surface area contributed by atoms with Crippen molar-refractivity contribution in [2.75, 3.05) is 26.2 Å². The zero-order valence-electron chi connectivity index (χ0n) is 30.5. The molecule has 2 amide bonds. The molecule has 2 heterocycles. The van der Waals surface area contributed by atoms with E-state index >= 15 is 0 Å². The van der Waals surface area contributed by atoms with Gasteiger partial charge >= 0.3 is 6.09 Å². The van der Waals surface area contributed by atoms with E-state index in [2.05, 4.69) is 60.1 Å². The van der Waals surface area contributed by atoms with Crippen molar-refractivity contribution in [2.45, 2.75) is 65.3 Å². The highest BCUT2D eigenvalue weighted by Gasteiger charge is 2.56. The minimum absolute atomic E-state index is 0.158. The summed E-state index contributed by atoms with van der Waals surface area (Å²) in [6, 6.07) is 27.2. The summed E-state index contributed by atoms with van der Waals surface area (Å²) in [7, 11) is 0. The minimum atomic E-state index is -0.508. The van der Waals surface area contributed by atoms with Crippen LogP contribution in [0.4, 0.5) is 4.79 Å². The Kier molecular flexibility index (Phi) is 11.4. The van der Waals surface area contributed by atoms with E-state index in [-0.39, 0.29) is 24.1 Å². The van der Waals surface area contributed by atoms with Gasteiger partial charge in [-0.25, -0.2) is 4.79 Å². The summed E-state index contributed by atoms with van der Waals surface area (Å²) in [5, 5.41) is 19.9. The number of nitriles is 1. The lowest BCUT2D eigenvalue weighted by atomic mass is 10.0. The highest BCUT2D eigenvalue weighted by atomic mass is 35.5. The third-order valence-electron chi connectivity index (χ3n) is 10.0. The second kappa shape index (κ2) is 16.0. The van der Waals surface area contributed by atoms with E-state index in [0.717, 1.165) is 23.4 Å². The van der Waals surface area contributed by atoms with Crippen LogP contribution in [0.25, 0.3) is 11.3 Å². The molecular formula is C42H48ClN5O4. The quantitative estimate of drug-likeness (QED) is 0.130. The number of piperidine rings is 1. The molecule has 1 aliphatic heterocycles. The number of hydrogen-bond acceptors (Lipinski definition) is 7. The number of rotatable bonds is 13. The van der Waals surface area contributed by atoms with Crippen molar-refractivity contribution < 1.29 is 18.7 Å². The number of halogens is 1. The Labute approximate surface area is 311 Å². The first-order chi connectivity index (χ1) is 24.9. The van der Waals surface area contributed by atoms with E-state index in [1.165, 1.54) is 11.1 Å². The lowest BCUT2D eigenvalue weighted by Crippen LogP contribution is -2.44. The molecule has 6 rings (SSSR count). The van der Waals surface area contributed by atoms with Crippen LogP contribution in [0.1, 0.15) is 72.1 Å². The molecule has 0 radical (unpaired) electrons. The van der Waals surface area contributed by atoms with Crippen LogP contribution in [0.2, 0.25) is 5.02 Å². The van der Waals surface area contributed by atoms with Crippen LogP contribution in [0, 0.1) is 36.0 Å². The number of aryl methyl sites for hydroxylation is 1. The summed E-state index contributed by atoms with van der Waals surface area (Å²) in [6.45, 7) is 13.2. The average molecular weight is 722 g/mol. The molecule has 2 aliphatic rings. The Bertz CT molecular complexity index is 1900. The molecule has 1 saturated carbocycles. The molecule has 3 aromatic carbocycles. The van der Waals surface area contributed by atoms with Crippen LogP contribution in [-0.4, -0.2) is 54.7 Å². The Morgan fingerprint density at radius 2 is 1.73 bits per heavy atom. The molecule has 1 saturated heterocycles. The van der Waals surface area contributed by atoms with Gasteiger partial charge in [-0.15, -0.1) is 0 Å². The number of fused-ring (bicyclic) bond motifs is 1. The Balaban J connectivity index is 1.07. The van der Waals surface area contributed by atoms with Gasteiger partial charge in [0.15, 0.2) is 0 Å². The van der Waals surface area contributed by atoms with Crippen molar-refractivity contribution in [2.24, 2.45) is 17.8 Å². The molecule has 10 heteroatoms. The van der Waals surface area contributed by atoms with Gasteiger partial charge in [0.2, 0.25) is 0 Å². The van der Waals surface area contributed by atoms with E-state index in [1.54, 1.807) is 24.3 Å². The number of nitrogens with one attached hydrogen (secondary N) is 3. The molecule has 52 heavy (non-hydrogen) atoms. The Hall–Kier alpha value is -4.62. The van der Waals surface area contributed by atoms with Crippen molar-refractivity contribution in [3.8, 4) is 17.4 Å². The molecule has 1 unspecified atom stereocenters. The summed E-state index contributed by atoms with van der Waals surface area (Å²) in [5.74, 6) is 2.58. The normalized spacial score (nSPS) is 19.0. The van der Waals surface area contributed by atoms with Crippen LogP contribution in [0.3, 0.4) is 0 Å². The molecule has 2 fully saturated rings. The molecule has 9 nitrogen and oxygen atoms in total. The maximum atomic E-state index is 13.8. The smallest absolute Gasteiger partial charge is 0.410 e. The van der Waals surface area contributed by atoms with E-state index in [4.69, 9.17) is 20.8 Å². The van der Waals surface area contributed by atoms with Crippen LogP contribution >= 0.6 is 11.6 Å². The van der Waals surface area contributed by atoms with Gasteiger partial charge in [0.05, 0.1) is 28.8 Å². The standard InChI is InChI=1S/C42H48ClN5O4/c1-26-6-12-30(13-7-26)27(2)46-22-33-15-17-39(51-33)31-14-16-38(43)34(19-31)40(49)47-32(18-28-8-10-29(20-44)11-9-28)21-45-23-35-36-24-48(25-37(35)36)41(50)52-42(3,4)5/h6-17,19,27,32,35-37,45-46H,18,21-25H2,1-5H3,(H,47,49)/t27-,32-,35?,36-,37+/m1/s1. The summed E-state index contributed by atoms with van der Waals surface area (Å²) < 4.78 is 11.7. The van der Waals surface area contributed by atoms with Crippen molar-refractivity contribution in [3.05, 3.63) is 117 Å². The predicted octanol–water partition coefficient (Wildman–Crippen LogP) is 7.67. The maximum Gasteiger partial charge on any atom is 0.410 e. The summed E-state index contributed by atoms with van der Waals surface area (Å²) in [6.07, 6.45) is 0.327. The van der Waals surface area contributed by atoms with Gasteiger partial charge in [0.1, 0.15) is 17.1 Å². The topological polar surface area (TPSA) is 120 Å². The molecule has 0 spiro atoms. The van der Waals surface area contributed by atoms with Gasteiger partial charge in [-0.1, -0.05) is 53.6 Å². The molecule has 272 valence electrons. The van der Waals surface area contributed by atoms with E-state index < -0.39 is 5.60 Å². The summed E-state index contributed by atoms with van der Waals surface area (Å²) >= 11 is 6.61. The second-order valence-corrected chi connectivity index (χ2v) is 15.6. The number of nitrogens with zero attached hydrogens (tertiary/aromatic N) is 2. The second-order valence-electron chi connectivity index (χ2n) is 15.2. The number of likely N-dealkylation sites (tertiary alicyclic amines) is 1. The van der Waals surface area contributed by atoms with Crippen LogP contribution in [0.5, 0.6) is 0 Å². The fourth-order valence-corrected chi connectivity index (χ4v) is 7.20. The third-order valence-corrected chi connectivity index (χ3v) is 10.3. The lowest BCUT2D eigenvalue weighted by molar-refractivity contribution is 0.0265. The number of carbonyl (C=O) groups is 2. The zero-order chi connectivity index (χ0) is 37.0. The first-order valence-corrected chi connectivity index (χ1v) is 18.4. The third kappa shape index (κ3) is 9.43. The van der Waals surface area contributed by atoms with Gasteiger partial charge in [0.25, 0.3) is 5.91 Å². The number of amides is 2. The molecule has 4 aromatic rings. The van der Waals surface area contributed by atoms with Gasteiger partial charge < -0.3 is 30.0 Å². The van der Waals surface area contributed by atoms with Crippen LogP contribution < -0.4 is 16.0 Å². The molecule has 1 aliphatic carbocycles. The van der Waals surface area contributed by atoms with Crippen molar-refractivity contribution in [1.82, 2.24) is 20.9 Å². The minimum Gasteiger partial charge on any atom is -0.460 e. The summed E-state index contributed by atoms with van der Waals surface area (Å²) in [5.41, 5.74) is 4.65. The van der Waals surface area contributed by atoms with Gasteiger partial charge in [-0.05, 0) is 119 Å².